The largest absolute Gasteiger partial charge is 0.230 e. The van der Waals surface area contributed by atoms with E-state index in [1.807, 2.05) is 0 Å². The molecule has 0 unspecified atom stereocenters. The maximum atomic E-state index is 12.1. The zero-order valence-electron chi connectivity index (χ0n) is 4.46. The molecule has 6 heteroatoms. The summed E-state index contributed by atoms with van der Waals surface area (Å²) in [5.74, 6) is 4.23. The number of nitrogens with zero attached hydrogens (tertiary/aromatic N) is 3. The number of halogens is 2. The first-order valence-corrected chi connectivity index (χ1v) is 2.23. The van der Waals surface area contributed by atoms with Crippen LogP contribution in [0.15, 0.2) is 12.0 Å². The molecule has 51 valence electrons. The lowest BCUT2D eigenvalue weighted by Gasteiger charge is -2.20. The number of rotatable bonds is 0. The van der Waals surface area contributed by atoms with Crippen molar-refractivity contribution in [2.24, 2.45) is 5.84 Å². The van der Waals surface area contributed by atoms with Crippen molar-refractivity contribution in [1.29, 1.82) is 0 Å². The monoisotopic (exact) mass is 135 g/mol. The van der Waals surface area contributed by atoms with Gasteiger partial charge in [-0.2, -0.15) is 0 Å². The molecule has 0 fully saturated rings. The van der Waals surface area contributed by atoms with Crippen molar-refractivity contribution in [3.05, 3.63) is 12.0 Å². The highest BCUT2D eigenvalue weighted by Crippen LogP contribution is 2.05. The van der Waals surface area contributed by atoms with E-state index in [0.29, 0.717) is 5.12 Å². The van der Waals surface area contributed by atoms with Crippen LogP contribution in [-0.2, 0) is 0 Å². The van der Waals surface area contributed by atoms with Crippen LogP contribution in [-0.4, -0.2) is 16.9 Å². The van der Waals surface area contributed by atoms with Gasteiger partial charge in [0, 0.05) is 5.53 Å². The fourth-order valence-corrected chi connectivity index (χ4v) is 0.478. The predicted octanol–water partition coefficient (Wildman–Crippen LogP) is -0.392. The van der Waals surface area contributed by atoms with E-state index >= 15 is 0 Å². The van der Waals surface area contributed by atoms with E-state index in [4.69, 9.17) is 5.84 Å². The number of hydrogen-bond acceptors (Lipinski definition) is 3. The first-order valence-electron chi connectivity index (χ1n) is 2.23. The molecule has 9 heavy (non-hydrogen) atoms. The fraction of sp³-hybridized carbons (Fsp3) is 0.333. The molecule has 1 radical (unpaired) electrons. The number of hydrazine groups is 1. The SMILES string of the molecule is NN1C=C(F)CN(F)[N]1. The molecule has 0 aromatic heterocycles. The lowest BCUT2D eigenvalue weighted by atomic mass is 10.5. The summed E-state index contributed by atoms with van der Waals surface area (Å²) in [7, 11) is 0. The molecular formula is C3H5F2N4. The zero-order chi connectivity index (χ0) is 6.85. The van der Waals surface area contributed by atoms with Crippen molar-refractivity contribution < 1.29 is 8.87 Å². The summed E-state index contributed by atoms with van der Waals surface area (Å²) >= 11 is 0. The minimum atomic E-state index is -0.657. The molecule has 0 atom stereocenters. The molecule has 0 amide bonds. The topological polar surface area (TPSA) is 46.6 Å². The van der Waals surface area contributed by atoms with Crippen LogP contribution < -0.4 is 11.4 Å². The Bertz CT molecular complexity index is 136. The van der Waals surface area contributed by atoms with Crippen LogP contribution in [0.4, 0.5) is 8.87 Å². The Kier molecular flexibility index (Phi) is 1.60. The molecule has 1 heterocycles. The first kappa shape index (κ1) is 6.40. The van der Waals surface area contributed by atoms with Gasteiger partial charge >= 0.3 is 0 Å². The Hall–Kier alpha value is -0.720. The molecule has 0 aliphatic carbocycles. The van der Waals surface area contributed by atoms with Crippen molar-refractivity contribution in [3.8, 4) is 0 Å². The summed E-state index contributed by atoms with van der Waals surface area (Å²) in [5.41, 5.74) is 2.99. The van der Waals surface area contributed by atoms with Crippen molar-refractivity contribution in [3.63, 3.8) is 0 Å². The highest BCUT2D eigenvalue weighted by Gasteiger charge is 2.15. The normalized spacial score (nSPS) is 22.1. The van der Waals surface area contributed by atoms with Gasteiger partial charge in [0.2, 0.25) is 0 Å². The molecule has 1 rings (SSSR count). The first-order chi connectivity index (χ1) is 4.18. The van der Waals surface area contributed by atoms with Crippen LogP contribution in [0, 0.1) is 0 Å². The van der Waals surface area contributed by atoms with Crippen LogP contribution in [0.3, 0.4) is 0 Å². The molecule has 0 bridgehead atoms. The van der Waals surface area contributed by atoms with E-state index in [1.165, 1.54) is 0 Å². The van der Waals surface area contributed by atoms with E-state index in [0.717, 1.165) is 6.20 Å². The van der Waals surface area contributed by atoms with Gasteiger partial charge in [-0.25, -0.2) is 15.4 Å². The second-order valence-corrected chi connectivity index (χ2v) is 1.54. The highest BCUT2D eigenvalue weighted by molar-refractivity contribution is 4.92. The zero-order valence-corrected chi connectivity index (χ0v) is 4.46. The van der Waals surface area contributed by atoms with E-state index in [1.54, 1.807) is 0 Å². The van der Waals surface area contributed by atoms with Crippen LogP contribution in [0.5, 0.6) is 0 Å². The third-order valence-electron chi connectivity index (χ3n) is 0.754. The summed E-state index contributed by atoms with van der Waals surface area (Å²) < 4.78 is 24.0. The molecule has 0 aromatic rings. The van der Waals surface area contributed by atoms with Gasteiger partial charge in [0.05, 0.1) is 6.20 Å². The smallest absolute Gasteiger partial charge is 0.137 e. The standard InChI is InChI=1S/C3H5F2N4/c4-3-1-8(5)7-9(6)2-3/h2H,1,6H2. The summed E-state index contributed by atoms with van der Waals surface area (Å²) in [6.07, 6.45) is 0.899. The van der Waals surface area contributed by atoms with Gasteiger partial charge in [-0.3, -0.25) is 0 Å². The molecule has 2 N–H and O–H groups in total. The van der Waals surface area contributed by atoms with Crippen molar-refractivity contribution in [2.75, 3.05) is 6.54 Å². The Balaban J connectivity index is 2.56. The van der Waals surface area contributed by atoms with Gasteiger partial charge < -0.3 is 0 Å². The van der Waals surface area contributed by atoms with Crippen molar-refractivity contribution >= 4 is 0 Å². The fourth-order valence-electron chi connectivity index (χ4n) is 0.478. The average molecular weight is 135 g/mol. The molecule has 4 nitrogen and oxygen atoms in total. The highest BCUT2D eigenvalue weighted by atomic mass is 19.2. The summed E-state index contributed by atoms with van der Waals surface area (Å²) in [5, 5.41) is 0.480. The molecule has 0 aromatic carbocycles. The minimum Gasteiger partial charge on any atom is -0.230 e. The van der Waals surface area contributed by atoms with Crippen LogP contribution in [0.2, 0.25) is 0 Å². The maximum absolute atomic E-state index is 12.1. The van der Waals surface area contributed by atoms with E-state index < -0.39 is 12.4 Å². The Morgan fingerprint density at radius 3 is 2.89 bits per heavy atom. The van der Waals surface area contributed by atoms with Gasteiger partial charge in [-0.1, -0.05) is 0 Å². The van der Waals surface area contributed by atoms with Crippen LogP contribution in [0.25, 0.3) is 0 Å². The van der Waals surface area contributed by atoms with Gasteiger partial charge in [-0.05, 0) is 5.23 Å². The predicted molar refractivity (Wildman–Crippen MR) is 25.2 cm³/mol. The van der Waals surface area contributed by atoms with E-state index in [-0.39, 0.29) is 5.23 Å². The molecule has 1 aliphatic heterocycles. The summed E-state index contributed by atoms with van der Waals surface area (Å²) in [6, 6.07) is 0. The van der Waals surface area contributed by atoms with E-state index in [9.17, 15) is 8.87 Å². The molecule has 0 saturated heterocycles. The number of nitrogens with two attached hydrogens (primary N) is 1. The second-order valence-electron chi connectivity index (χ2n) is 1.54. The lowest BCUT2D eigenvalue weighted by Crippen LogP contribution is -2.44. The van der Waals surface area contributed by atoms with E-state index in [2.05, 4.69) is 5.53 Å². The second kappa shape index (κ2) is 2.26. The lowest BCUT2D eigenvalue weighted by molar-refractivity contribution is -0.111. The molecular weight excluding hydrogens is 130 g/mol. The average Bonchev–Trinajstić information content (AvgIpc) is 1.59. The van der Waals surface area contributed by atoms with Gasteiger partial charge in [0.1, 0.15) is 12.4 Å². The van der Waals surface area contributed by atoms with Crippen LogP contribution >= 0.6 is 0 Å². The van der Waals surface area contributed by atoms with Gasteiger partial charge in [-0.15, -0.1) is 4.48 Å². The Morgan fingerprint density at radius 2 is 2.44 bits per heavy atom. The Labute approximate surface area is 50.4 Å². The van der Waals surface area contributed by atoms with Crippen molar-refractivity contribution in [2.45, 2.75) is 0 Å². The summed E-state index contributed by atoms with van der Waals surface area (Å²) in [4.78, 5) is 0. The van der Waals surface area contributed by atoms with Crippen LogP contribution in [0.1, 0.15) is 0 Å². The van der Waals surface area contributed by atoms with Gasteiger partial charge in [0.25, 0.3) is 0 Å². The third kappa shape index (κ3) is 1.60. The minimum absolute atomic E-state index is 0.0880. The quantitative estimate of drug-likeness (QED) is 0.363. The number of hydrogen-bond donors (Lipinski definition) is 1. The molecule has 1 aliphatic rings. The van der Waals surface area contributed by atoms with Gasteiger partial charge in [0.15, 0.2) is 0 Å². The Morgan fingerprint density at radius 1 is 1.78 bits per heavy atom. The third-order valence-corrected chi connectivity index (χ3v) is 0.754. The van der Waals surface area contributed by atoms with Crippen molar-refractivity contribution in [1.82, 2.24) is 15.9 Å². The maximum Gasteiger partial charge on any atom is 0.137 e. The molecule has 0 spiro atoms. The summed E-state index contributed by atoms with van der Waals surface area (Å²) in [6.45, 7) is -0.465. The molecule has 0 saturated carbocycles.